The number of thioether (sulfide) groups is 1. The van der Waals surface area contributed by atoms with Gasteiger partial charge in [-0.2, -0.15) is 13.2 Å². The van der Waals surface area contributed by atoms with Crippen LogP contribution in [0.5, 0.6) is 0 Å². The lowest BCUT2D eigenvalue weighted by molar-refractivity contribution is -0.141. The highest BCUT2D eigenvalue weighted by molar-refractivity contribution is 7.98. The molecular weight excluding hydrogens is 271 g/mol. The summed E-state index contributed by atoms with van der Waals surface area (Å²) in [6.07, 6.45) is -2.60. The van der Waals surface area contributed by atoms with Crippen molar-refractivity contribution in [3.63, 3.8) is 0 Å². The van der Waals surface area contributed by atoms with E-state index < -0.39 is 11.9 Å². The molecule has 0 bridgehead atoms. The number of nitrogens with zero attached hydrogens (tertiary/aromatic N) is 1. The summed E-state index contributed by atoms with van der Waals surface area (Å²) < 4.78 is 38.9. The van der Waals surface area contributed by atoms with E-state index in [0.29, 0.717) is 17.7 Å². The van der Waals surface area contributed by atoms with E-state index in [-0.39, 0.29) is 0 Å². The van der Waals surface area contributed by atoms with Crippen molar-refractivity contribution < 1.29 is 13.2 Å². The van der Waals surface area contributed by atoms with Gasteiger partial charge in [0.1, 0.15) is 5.69 Å². The summed E-state index contributed by atoms with van der Waals surface area (Å²) in [5, 5.41) is 0. The van der Waals surface area contributed by atoms with Gasteiger partial charge < -0.3 is 0 Å². The maximum Gasteiger partial charge on any atom is 0.433 e. The standard InChI is InChI=1S/C14H10F3NS/c15-14(16,17)13-11-8-19-12-4-2-1-3-10(12)7-9(11)5-6-18-13/h1-6H,7-8H2. The van der Waals surface area contributed by atoms with Gasteiger partial charge in [-0.1, -0.05) is 18.2 Å². The molecule has 19 heavy (non-hydrogen) atoms. The molecule has 1 aliphatic rings. The monoisotopic (exact) mass is 281 g/mol. The average Bonchev–Trinajstić information content (AvgIpc) is 2.55. The largest absolute Gasteiger partial charge is 0.433 e. The molecule has 0 atom stereocenters. The van der Waals surface area contributed by atoms with Crippen molar-refractivity contribution in [2.45, 2.75) is 23.2 Å². The zero-order chi connectivity index (χ0) is 13.5. The average molecular weight is 281 g/mol. The molecule has 2 heterocycles. The van der Waals surface area contributed by atoms with Crippen LogP contribution >= 0.6 is 11.8 Å². The van der Waals surface area contributed by atoms with Gasteiger partial charge in [0.2, 0.25) is 0 Å². The first-order valence-corrected chi connectivity index (χ1v) is 6.79. The summed E-state index contributed by atoms with van der Waals surface area (Å²) in [4.78, 5) is 4.58. The van der Waals surface area contributed by atoms with Gasteiger partial charge in [-0.25, -0.2) is 0 Å². The van der Waals surface area contributed by atoms with Gasteiger partial charge in [-0.3, -0.25) is 4.98 Å². The highest BCUT2D eigenvalue weighted by Gasteiger charge is 2.36. The van der Waals surface area contributed by atoms with Crippen LogP contribution in [0.25, 0.3) is 0 Å². The summed E-state index contributed by atoms with van der Waals surface area (Å²) in [5.41, 5.74) is 1.37. The first-order chi connectivity index (χ1) is 9.05. The van der Waals surface area contributed by atoms with Gasteiger partial charge in [-0.05, 0) is 35.2 Å². The van der Waals surface area contributed by atoms with E-state index in [0.717, 1.165) is 16.0 Å². The molecule has 0 saturated carbocycles. The Bertz CT molecular complexity index is 622. The molecule has 1 aromatic heterocycles. The molecule has 0 unspecified atom stereocenters. The Morgan fingerprint density at radius 2 is 1.84 bits per heavy atom. The van der Waals surface area contributed by atoms with E-state index in [9.17, 15) is 13.2 Å². The highest BCUT2D eigenvalue weighted by atomic mass is 32.2. The van der Waals surface area contributed by atoms with Crippen molar-refractivity contribution in [2.75, 3.05) is 0 Å². The summed E-state index contributed by atoms with van der Waals surface area (Å²) in [6.45, 7) is 0. The number of hydrogen-bond donors (Lipinski definition) is 0. The molecule has 1 aromatic carbocycles. The third-order valence-corrected chi connectivity index (χ3v) is 4.29. The molecule has 0 amide bonds. The minimum Gasteiger partial charge on any atom is -0.251 e. The van der Waals surface area contributed by atoms with E-state index in [2.05, 4.69) is 4.98 Å². The molecular formula is C14H10F3NS. The number of hydrogen-bond acceptors (Lipinski definition) is 2. The quantitative estimate of drug-likeness (QED) is 0.714. The van der Waals surface area contributed by atoms with Gasteiger partial charge in [0.15, 0.2) is 0 Å². The van der Waals surface area contributed by atoms with Crippen LogP contribution in [0.1, 0.15) is 22.4 Å². The molecule has 0 fully saturated rings. The second-order valence-corrected chi connectivity index (χ2v) is 5.39. The van der Waals surface area contributed by atoms with Crippen molar-refractivity contribution >= 4 is 11.8 Å². The molecule has 0 spiro atoms. The second-order valence-electron chi connectivity index (χ2n) is 4.37. The smallest absolute Gasteiger partial charge is 0.251 e. The van der Waals surface area contributed by atoms with Crippen molar-refractivity contribution in [2.24, 2.45) is 0 Å². The Hall–Kier alpha value is -1.49. The number of pyridine rings is 1. The minimum absolute atomic E-state index is 0.315. The van der Waals surface area contributed by atoms with E-state index in [4.69, 9.17) is 0 Å². The minimum atomic E-state index is -4.39. The number of halogens is 3. The normalized spacial score (nSPS) is 14.5. The van der Waals surface area contributed by atoms with Gasteiger partial charge in [0.25, 0.3) is 0 Å². The van der Waals surface area contributed by atoms with Crippen LogP contribution < -0.4 is 0 Å². The van der Waals surface area contributed by atoms with E-state index in [1.54, 1.807) is 6.07 Å². The van der Waals surface area contributed by atoms with Crippen molar-refractivity contribution in [1.82, 2.24) is 4.98 Å². The predicted molar refractivity (Wildman–Crippen MR) is 68.0 cm³/mol. The summed E-state index contributed by atoms with van der Waals surface area (Å²) >= 11 is 1.44. The Balaban J connectivity index is 2.11. The van der Waals surface area contributed by atoms with Crippen LogP contribution in [0.2, 0.25) is 0 Å². The summed E-state index contributed by atoms with van der Waals surface area (Å²) in [6, 6.07) is 9.42. The fraction of sp³-hybridized carbons (Fsp3) is 0.214. The lowest BCUT2D eigenvalue weighted by Gasteiger charge is -2.13. The number of aromatic nitrogens is 1. The molecule has 98 valence electrons. The van der Waals surface area contributed by atoms with Crippen LogP contribution in [0.4, 0.5) is 13.2 Å². The van der Waals surface area contributed by atoms with Gasteiger partial charge >= 0.3 is 6.18 Å². The van der Waals surface area contributed by atoms with E-state index >= 15 is 0 Å². The van der Waals surface area contributed by atoms with Crippen LogP contribution in [0.15, 0.2) is 41.4 Å². The van der Waals surface area contributed by atoms with Gasteiger partial charge in [0, 0.05) is 16.8 Å². The molecule has 1 nitrogen and oxygen atoms in total. The lowest BCUT2D eigenvalue weighted by atomic mass is 10.00. The highest BCUT2D eigenvalue weighted by Crippen LogP contribution is 2.39. The Labute approximate surface area is 112 Å². The molecule has 0 N–H and O–H groups in total. The van der Waals surface area contributed by atoms with Gasteiger partial charge in [-0.15, -0.1) is 11.8 Å². The fourth-order valence-electron chi connectivity index (χ4n) is 2.25. The Morgan fingerprint density at radius 3 is 2.63 bits per heavy atom. The maximum atomic E-state index is 13.0. The second kappa shape index (κ2) is 4.56. The van der Waals surface area contributed by atoms with Crippen molar-refractivity contribution in [3.8, 4) is 0 Å². The molecule has 2 aromatic rings. The fourth-order valence-corrected chi connectivity index (χ4v) is 3.37. The molecule has 0 radical (unpaired) electrons. The van der Waals surface area contributed by atoms with Crippen molar-refractivity contribution in [1.29, 1.82) is 0 Å². The number of fused-ring (bicyclic) bond motifs is 2. The maximum absolute atomic E-state index is 13.0. The zero-order valence-corrected chi connectivity index (χ0v) is 10.7. The Morgan fingerprint density at radius 1 is 1.05 bits per heavy atom. The van der Waals surface area contributed by atoms with Gasteiger partial charge in [0.05, 0.1) is 0 Å². The number of alkyl halides is 3. The molecule has 1 aliphatic heterocycles. The predicted octanol–water partition coefficient (Wildman–Crippen LogP) is 4.30. The third kappa shape index (κ3) is 2.34. The number of rotatable bonds is 0. The SMILES string of the molecule is FC(F)(F)c1nccc2c1CSc1ccccc1C2. The van der Waals surface area contributed by atoms with E-state index in [1.165, 1.54) is 18.0 Å². The topological polar surface area (TPSA) is 12.9 Å². The first-order valence-electron chi connectivity index (χ1n) is 5.80. The van der Waals surface area contributed by atoms with Crippen LogP contribution in [-0.4, -0.2) is 4.98 Å². The van der Waals surface area contributed by atoms with E-state index in [1.807, 2.05) is 24.3 Å². The summed E-state index contributed by atoms with van der Waals surface area (Å²) in [5.74, 6) is 0.315. The third-order valence-electron chi connectivity index (χ3n) is 3.15. The molecule has 5 heteroatoms. The number of benzene rings is 1. The Kier molecular flexibility index (Phi) is 3.01. The first kappa shape index (κ1) is 12.5. The van der Waals surface area contributed by atoms with Crippen LogP contribution in [-0.2, 0) is 18.3 Å². The van der Waals surface area contributed by atoms with Crippen molar-refractivity contribution in [3.05, 3.63) is 58.9 Å². The van der Waals surface area contributed by atoms with Crippen LogP contribution in [0.3, 0.4) is 0 Å². The zero-order valence-electron chi connectivity index (χ0n) is 9.87. The van der Waals surface area contributed by atoms with Crippen LogP contribution in [0, 0.1) is 0 Å². The molecule has 0 aliphatic carbocycles. The lowest BCUT2D eigenvalue weighted by Crippen LogP contribution is -2.13. The summed E-state index contributed by atoms with van der Waals surface area (Å²) in [7, 11) is 0. The molecule has 3 rings (SSSR count). The molecule has 0 saturated heterocycles.